The van der Waals surface area contributed by atoms with Crippen LogP contribution in [-0.4, -0.2) is 26.1 Å². The zero-order valence-electron chi connectivity index (χ0n) is 13.2. The fraction of sp³-hybridized carbons (Fsp3) is 0.250. The number of amides is 1. The summed E-state index contributed by atoms with van der Waals surface area (Å²) in [5.41, 5.74) is 1.49. The zero-order valence-corrected chi connectivity index (χ0v) is 14.7. The van der Waals surface area contributed by atoms with Crippen molar-refractivity contribution in [1.29, 1.82) is 0 Å². The van der Waals surface area contributed by atoms with E-state index in [9.17, 15) is 9.59 Å². The third-order valence-corrected chi connectivity index (χ3v) is 4.77. The van der Waals surface area contributed by atoms with Crippen LogP contribution in [0.4, 0.5) is 5.00 Å². The van der Waals surface area contributed by atoms with E-state index < -0.39 is 5.97 Å². The summed E-state index contributed by atoms with van der Waals surface area (Å²) < 4.78 is 9.97. The number of rotatable bonds is 4. The van der Waals surface area contributed by atoms with E-state index in [1.165, 1.54) is 25.6 Å². The maximum atomic E-state index is 12.5. The fourth-order valence-electron chi connectivity index (χ4n) is 2.09. The van der Waals surface area contributed by atoms with Gasteiger partial charge in [0.1, 0.15) is 10.8 Å². The van der Waals surface area contributed by atoms with Crippen molar-refractivity contribution < 1.29 is 19.1 Å². The van der Waals surface area contributed by atoms with Crippen molar-refractivity contribution in [3.8, 4) is 5.75 Å². The van der Waals surface area contributed by atoms with Crippen LogP contribution in [0.3, 0.4) is 0 Å². The Bertz CT molecular complexity index is 770. The lowest BCUT2D eigenvalue weighted by Crippen LogP contribution is -2.15. The Kier molecular flexibility index (Phi) is 5.28. The molecule has 0 spiro atoms. The smallest absolute Gasteiger partial charge is 0.341 e. The highest BCUT2D eigenvalue weighted by atomic mass is 35.5. The Labute approximate surface area is 143 Å². The highest BCUT2D eigenvalue weighted by Gasteiger charge is 2.23. The second-order valence-electron chi connectivity index (χ2n) is 4.78. The van der Waals surface area contributed by atoms with E-state index >= 15 is 0 Å². The van der Waals surface area contributed by atoms with E-state index in [1.807, 2.05) is 13.8 Å². The molecular formula is C16H16ClNO4S. The minimum atomic E-state index is -0.481. The third kappa shape index (κ3) is 3.48. The molecule has 0 aliphatic heterocycles. The van der Waals surface area contributed by atoms with Crippen molar-refractivity contribution in [2.24, 2.45) is 0 Å². The van der Waals surface area contributed by atoms with Crippen LogP contribution in [0, 0.1) is 13.8 Å². The first-order chi connectivity index (χ1) is 10.9. The first kappa shape index (κ1) is 17.3. The second-order valence-corrected chi connectivity index (χ2v) is 6.44. The van der Waals surface area contributed by atoms with Crippen molar-refractivity contribution >= 4 is 39.8 Å². The summed E-state index contributed by atoms with van der Waals surface area (Å²) in [4.78, 5) is 25.4. The van der Waals surface area contributed by atoms with Gasteiger partial charge in [-0.05, 0) is 37.6 Å². The molecule has 0 fully saturated rings. The molecule has 7 heteroatoms. The molecule has 0 atom stereocenters. The number of ether oxygens (including phenoxy) is 2. The molecule has 0 radical (unpaired) electrons. The van der Waals surface area contributed by atoms with Crippen LogP contribution >= 0.6 is 22.9 Å². The first-order valence-electron chi connectivity index (χ1n) is 6.72. The number of halogens is 1. The van der Waals surface area contributed by atoms with Crippen LogP contribution < -0.4 is 10.1 Å². The van der Waals surface area contributed by atoms with Crippen molar-refractivity contribution in [2.75, 3.05) is 19.5 Å². The molecule has 0 saturated carbocycles. The van der Waals surface area contributed by atoms with Gasteiger partial charge >= 0.3 is 5.97 Å². The third-order valence-electron chi connectivity index (χ3n) is 3.41. The van der Waals surface area contributed by atoms with Gasteiger partial charge in [0.25, 0.3) is 5.91 Å². The first-order valence-corrected chi connectivity index (χ1v) is 7.91. The maximum Gasteiger partial charge on any atom is 0.341 e. The topological polar surface area (TPSA) is 64.6 Å². The average Bonchev–Trinajstić information content (AvgIpc) is 2.80. The standard InChI is InChI=1S/C16H16ClNO4S/c1-8-9(2)23-15(13(8)16(20)22-4)18-14(19)11-6-5-10(17)7-12(11)21-3/h5-7H,1-4H3,(H,18,19). The summed E-state index contributed by atoms with van der Waals surface area (Å²) >= 11 is 7.22. The molecule has 122 valence electrons. The van der Waals surface area contributed by atoms with Crippen molar-refractivity contribution in [2.45, 2.75) is 13.8 Å². The van der Waals surface area contributed by atoms with Gasteiger partial charge in [-0.15, -0.1) is 11.3 Å². The summed E-state index contributed by atoms with van der Waals surface area (Å²) in [6.45, 7) is 3.70. The van der Waals surface area contributed by atoms with Gasteiger partial charge in [-0.1, -0.05) is 11.6 Å². The highest BCUT2D eigenvalue weighted by Crippen LogP contribution is 2.34. The Balaban J connectivity index is 2.38. The minimum absolute atomic E-state index is 0.330. The number of hydrogen-bond donors (Lipinski definition) is 1. The Morgan fingerprint density at radius 2 is 1.91 bits per heavy atom. The van der Waals surface area contributed by atoms with E-state index in [1.54, 1.807) is 18.2 Å². The van der Waals surface area contributed by atoms with Crippen LogP contribution in [0.25, 0.3) is 0 Å². The predicted octanol–water partition coefficient (Wildman–Crippen LogP) is 4.07. The molecule has 0 bridgehead atoms. The Morgan fingerprint density at radius 1 is 1.22 bits per heavy atom. The number of carbonyl (C=O) groups is 2. The largest absolute Gasteiger partial charge is 0.496 e. The van der Waals surface area contributed by atoms with E-state index in [4.69, 9.17) is 21.1 Å². The molecule has 0 saturated heterocycles. The maximum absolute atomic E-state index is 12.5. The van der Waals surface area contributed by atoms with E-state index in [0.717, 1.165) is 10.4 Å². The minimum Gasteiger partial charge on any atom is -0.496 e. The molecule has 0 unspecified atom stereocenters. The molecular weight excluding hydrogens is 338 g/mol. The van der Waals surface area contributed by atoms with Gasteiger partial charge in [0, 0.05) is 9.90 Å². The molecule has 2 aromatic rings. The van der Waals surface area contributed by atoms with E-state index in [2.05, 4.69) is 5.32 Å². The van der Waals surface area contributed by atoms with Crippen LogP contribution in [0.2, 0.25) is 5.02 Å². The van der Waals surface area contributed by atoms with Gasteiger partial charge in [-0.3, -0.25) is 4.79 Å². The molecule has 0 aliphatic rings. The molecule has 0 aliphatic carbocycles. The summed E-state index contributed by atoms with van der Waals surface area (Å²) in [5, 5.41) is 3.68. The molecule has 5 nitrogen and oxygen atoms in total. The lowest BCUT2D eigenvalue weighted by molar-refractivity contribution is 0.0601. The normalized spacial score (nSPS) is 10.3. The SMILES string of the molecule is COC(=O)c1c(NC(=O)c2ccc(Cl)cc2OC)sc(C)c1C. The van der Waals surface area contributed by atoms with Gasteiger partial charge in [-0.25, -0.2) is 4.79 Å². The molecule has 1 amide bonds. The zero-order chi connectivity index (χ0) is 17.1. The Morgan fingerprint density at radius 3 is 2.52 bits per heavy atom. The fourth-order valence-corrected chi connectivity index (χ4v) is 3.29. The van der Waals surface area contributed by atoms with Gasteiger partial charge in [0.2, 0.25) is 0 Å². The number of esters is 1. The number of methoxy groups -OCH3 is 2. The number of anilines is 1. The molecule has 1 N–H and O–H groups in total. The van der Waals surface area contributed by atoms with Crippen LogP contribution in [0.15, 0.2) is 18.2 Å². The molecule has 1 aromatic carbocycles. The number of aryl methyl sites for hydroxylation is 1. The van der Waals surface area contributed by atoms with Crippen LogP contribution in [0.5, 0.6) is 5.75 Å². The summed E-state index contributed by atoms with van der Waals surface area (Å²) in [7, 11) is 2.77. The van der Waals surface area contributed by atoms with Gasteiger partial charge in [0.15, 0.2) is 0 Å². The number of hydrogen-bond acceptors (Lipinski definition) is 5. The number of benzene rings is 1. The Hall–Kier alpha value is -2.05. The van der Waals surface area contributed by atoms with Crippen molar-refractivity contribution in [3.05, 3.63) is 44.8 Å². The van der Waals surface area contributed by atoms with E-state index in [-0.39, 0.29) is 5.91 Å². The van der Waals surface area contributed by atoms with E-state index in [0.29, 0.717) is 26.9 Å². The van der Waals surface area contributed by atoms with Crippen molar-refractivity contribution in [3.63, 3.8) is 0 Å². The number of carbonyl (C=O) groups excluding carboxylic acids is 2. The summed E-state index contributed by atoms with van der Waals surface area (Å²) in [6, 6.07) is 4.73. The van der Waals surface area contributed by atoms with Gasteiger partial charge in [-0.2, -0.15) is 0 Å². The van der Waals surface area contributed by atoms with Gasteiger partial charge < -0.3 is 14.8 Å². The van der Waals surface area contributed by atoms with Crippen LogP contribution in [-0.2, 0) is 4.74 Å². The number of thiophene rings is 1. The number of nitrogens with one attached hydrogen (secondary N) is 1. The summed E-state index contributed by atoms with van der Waals surface area (Å²) in [5.74, 6) is -0.505. The molecule has 1 heterocycles. The van der Waals surface area contributed by atoms with Crippen LogP contribution in [0.1, 0.15) is 31.2 Å². The quantitative estimate of drug-likeness (QED) is 0.841. The van der Waals surface area contributed by atoms with Crippen molar-refractivity contribution in [1.82, 2.24) is 0 Å². The monoisotopic (exact) mass is 353 g/mol. The predicted molar refractivity (Wildman–Crippen MR) is 91.1 cm³/mol. The molecule has 2 rings (SSSR count). The lowest BCUT2D eigenvalue weighted by atomic mass is 10.1. The average molecular weight is 354 g/mol. The molecule has 23 heavy (non-hydrogen) atoms. The summed E-state index contributed by atoms with van der Waals surface area (Å²) in [6.07, 6.45) is 0. The second kappa shape index (κ2) is 7.02. The highest BCUT2D eigenvalue weighted by molar-refractivity contribution is 7.16. The molecule has 1 aromatic heterocycles. The lowest BCUT2D eigenvalue weighted by Gasteiger charge is -2.10. The van der Waals surface area contributed by atoms with Gasteiger partial charge in [0.05, 0.1) is 25.3 Å².